The summed E-state index contributed by atoms with van der Waals surface area (Å²) in [6.45, 7) is 0. The van der Waals surface area contributed by atoms with Crippen LogP contribution in [0.4, 0.5) is 0 Å². The number of carbonyl (C=O) groups excluding carboxylic acids is 1. The Balaban J connectivity index is 0.00000256. The van der Waals surface area contributed by atoms with Gasteiger partial charge < -0.3 is 9.24 Å². The Morgan fingerprint density at radius 1 is 1.12 bits per heavy atom. The Labute approximate surface area is 131 Å². The van der Waals surface area contributed by atoms with Gasteiger partial charge in [-0.2, -0.15) is 6.16 Å². The summed E-state index contributed by atoms with van der Waals surface area (Å²) in [6, 6.07) is 3.17. The van der Waals surface area contributed by atoms with E-state index in [1.165, 1.54) is 0 Å². The van der Waals surface area contributed by atoms with E-state index in [1.54, 1.807) is 12.1 Å². The van der Waals surface area contributed by atoms with E-state index in [2.05, 4.69) is 9.24 Å². The molecule has 0 atom stereocenters. The summed E-state index contributed by atoms with van der Waals surface area (Å²) in [5, 5.41) is 0.963. The van der Waals surface area contributed by atoms with Crippen LogP contribution in [0.3, 0.4) is 0 Å². The third-order valence-corrected chi connectivity index (χ3v) is 3.63. The minimum atomic E-state index is -0.0578. The minimum absolute atomic E-state index is 0. The Morgan fingerprint density at radius 3 is 2.29 bits per heavy atom. The molecule has 1 rings (SSSR count). The first-order chi connectivity index (χ1) is 7.57. The van der Waals surface area contributed by atoms with Crippen LogP contribution >= 0.6 is 44.0 Å². The van der Waals surface area contributed by atoms with E-state index < -0.39 is 0 Å². The molecular formula is C11H11Cl3LiOP. The van der Waals surface area contributed by atoms with Crippen molar-refractivity contribution in [1.29, 1.82) is 0 Å². The van der Waals surface area contributed by atoms with Gasteiger partial charge in [-0.3, -0.25) is 4.79 Å². The maximum atomic E-state index is 11.9. The number of halogens is 3. The molecule has 0 amide bonds. The van der Waals surface area contributed by atoms with Crippen molar-refractivity contribution in [2.75, 3.05) is 6.16 Å². The van der Waals surface area contributed by atoms with Gasteiger partial charge in [-0.15, -0.1) is 0 Å². The van der Waals surface area contributed by atoms with Gasteiger partial charge in [-0.25, -0.2) is 0 Å². The van der Waals surface area contributed by atoms with Crippen molar-refractivity contribution in [1.82, 2.24) is 0 Å². The van der Waals surface area contributed by atoms with Crippen LogP contribution in [0.5, 0.6) is 0 Å². The third kappa shape index (κ3) is 5.12. The molecule has 1 aromatic rings. The molecule has 0 aromatic heterocycles. The number of carbonyl (C=O) groups is 1. The molecule has 17 heavy (non-hydrogen) atoms. The number of hydrogen-bond donors (Lipinski definition) is 0. The van der Waals surface area contributed by atoms with Gasteiger partial charge in [0, 0.05) is 6.42 Å². The first-order valence-corrected chi connectivity index (χ1v) is 6.73. The molecule has 0 N–H and O–H groups in total. The van der Waals surface area contributed by atoms with Crippen LogP contribution < -0.4 is 18.9 Å². The van der Waals surface area contributed by atoms with Crippen LogP contribution in [0.25, 0.3) is 0 Å². The van der Waals surface area contributed by atoms with Gasteiger partial charge in [-0.1, -0.05) is 41.2 Å². The van der Waals surface area contributed by atoms with Crippen molar-refractivity contribution in [2.24, 2.45) is 0 Å². The smallest absolute Gasteiger partial charge is 0.558 e. The predicted octanol–water partition coefficient (Wildman–Crippen LogP) is 2.15. The first-order valence-electron chi connectivity index (χ1n) is 4.89. The third-order valence-electron chi connectivity index (χ3n) is 2.15. The Kier molecular flexibility index (Phi) is 9.22. The summed E-state index contributed by atoms with van der Waals surface area (Å²) in [7, 11) is 3.36. The molecule has 1 aromatic carbocycles. The first kappa shape index (κ1) is 17.8. The van der Waals surface area contributed by atoms with E-state index in [1.807, 2.05) is 0 Å². The standard InChI is InChI=1S/C11H11Cl3OP.Li/c12-7-4-5-8(13)11(14)10(7)9(15)3-1-2-6-16;/h4-5,16H,1-3,6H2;/q-1;+1. The summed E-state index contributed by atoms with van der Waals surface area (Å²) in [4.78, 5) is 11.9. The summed E-state index contributed by atoms with van der Waals surface area (Å²) < 4.78 is 0. The molecule has 0 spiro atoms. The van der Waals surface area contributed by atoms with E-state index >= 15 is 0 Å². The number of unbranched alkanes of at least 4 members (excludes halogenated alkanes) is 1. The van der Waals surface area contributed by atoms with Gasteiger partial charge >= 0.3 is 18.9 Å². The fraction of sp³-hybridized carbons (Fsp3) is 0.364. The normalized spacial score (nSPS) is 9.88. The molecule has 0 saturated heterocycles. The molecule has 6 heteroatoms. The monoisotopic (exact) mass is 302 g/mol. The zero-order chi connectivity index (χ0) is 12.1. The molecule has 0 heterocycles. The maximum Gasteiger partial charge on any atom is 1.00 e. The molecular weight excluding hydrogens is 292 g/mol. The number of hydrogen-bond acceptors (Lipinski definition) is 1. The van der Waals surface area contributed by atoms with Crippen LogP contribution in [0.2, 0.25) is 15.1 Å². The van der Waals surface area contributed by atoms with E-state index in [0.717, 1.165) is 19.0 Å². The van der Waals surface area contributed by atoms with Crippen LogP contribution in [-0.4, -0.2) is 11.9 Å². The van der Waals surface area contributed by atoms with Crippen molar-refractivity contribution in [3.63, 3.8) is 0 Å². The van der Waals surface area contributed by atoms with Gasteiger partial charge in [0.25, 0.3) is 0 Å². The van der Waals surface area contributed by atoms with Crippen molar-refractivity contribution < 1.29 is 23.7 Å². The SMILES string of the molecule is O=C(CCCC[PH-])c1c(Cl)ccc(Cl)c1Cl.[Li+]. The summed E-state index contributed by atoms with van der Waals surface area (Å²) in [5.74, 6) is -0.0578. The van der Waals surface area contributed by atoms with E-state index in [9.17, 15) is 4.79 Å². The average molecular weight is 303 g/mol. The van der Waals surface area contributed by atoms with E-state index in [4.69, 9.17) is 34.8 Å². The maximum absolute atomic E-state index is 11.9. The summed E-state index contributed by atoms with van der Waals surface area (Å²) in [5.41, 5.74) is 0.338. The molecule has 0 radical (unpaired) electrons. The summed E-state index contributed by atoms with van der Waals surface area (Å²) in [6.07, 6.45) is 3.06. The second-order valence-corrected chi connectivity index (χ2v) is 5.04. The molecule has 0 aliphatic carbocycles. The molecule has 0 saturated carbocycles. The Hall–Kier alpha value is 0.787. The Morgan fingerprint density at radius 2 is 1.71 bits per heavy atom. The number of Topliss-reactive ketones (excluding diaryl/α,β-unsaturated/α-hetero) is 1. The number of ketones is 1. The van der Waals surface area contributed by atoms with Gasteiger partial charge in [0.1, 0.15) is 0 Å². The van der Waals surface area contributed by atoms with E-state index in [-0.39, 0.29) is 29.7 Å². The predicted molar refractivity (Wildman–Crippen MR) is 72.8 cm³/mol. The molecule has 0 fully saturated rings. The van der Waals surface area contributed by atoms with Gasteiger partial charge in [0.05, 0.1) is 20.6 Å². The van der Waals surface area contributed by atoms with Crippen molar-refractivity contribution in [3.8, 4) is 0 Å². The minimum Gasteiger partial charge on any atom is -0.558 e. The molecule has 0 aliphatic heterocycles. The molecule has 0 unspecified atom stereocenters. The largest absolute Gasteiger partial charge is 1.00 e. The fourth-order valence-electron chi connectivity index (χ4n) is 1.32. The van der Waals surface area contributed by atoms with E-state index in [0.29, 0.717) is 22.0 Å². The zero-order valence-corrected chi connectivity index (χ0v) is 12.8. The molecule has 88 valence electrons. The van der Waals surface area contributed by atoms with Crippen molar-refractivity contribution in [3.05, 3.63) is 32.8 Å². The number of rotatable bonds is 5. The van der Waals surface area contributed by atoms with Crippen molar-refractivity contribution >= 4 is 49.8 Å². The second-order valence-electron chi connectivity index (χ2n) is 3.35. The van der Waals surface area contributed by atoms with Crippen LogP contribution in [0.1, 0.15) is 29.6 Å². The molecule has 1 nitrogen and oxygen atoms in total. The van der Waals surface area contributed by atoms with Crippen LogP contribution in [-0.2, 0) is 0 Å². The zero-order valence-electron chi connectivity index (χ0n) is 9.53. The average Bonchev–Trinajstić information content (AvgIpc) is 2.24. The number of benzene rings is 1. The van der Waals surface area contributed by atoms with Crippen molar-refractivity contribution in [2.45, 2.75) is 19.3 Å². The topological polar surface area (TPSA) is 17.1 Å². The fourth-order valence-corrected chi connectivity index (χ4v) is 2.31. The van der Waals surface area contributed by atoms with Gasteiger partial charge in [-0.05, 0) is 18.6 Å². The van der Waals surface area contributed by atoms with Gasteiger partial charge in [0.2, 0.25) is 0 Å². The Bertz CT molecular complexity index is 399. The molecule has 0 bridgehead atoms. The second kappa shape index (κ2) is 8.81. The van der Waals surface area contributed by atoms with Crippen LogP contribution in [0.15, 0.2) is 12.1 Å². The quantitative estimate of drug-likeness (QED) is 0.268. The van der Waals surface area contributed by atoms with Crippen LogP contribution in [0, 0.1) is 0 Å². The van der Waals surface area contributed by atoms with Gasteiger partial charge in [0.15, 0.2) is 5.78 Å². The summed E-state index contributed by atoms with van der Waals surface area (Å²) >= 11 is 17.7. The molecule has 0 aliphatic rings.